The molecule has 1 atom stereocenters. The van der Waals surface area contributed by atoms with Crippen LogP contribution in [0.15, 0.2) is 48.8 Å². The number of pyridine rings is 2. The first-order valence-corrected chi connectivity index (χ1v) is 11.6. The van der Waals surface area contributed by atoms with Crippen LogP contribution in [0.3, 0.4) is 0 Å². The van der Waals surface area contributed by atoms with Gasteiger partial charge in [0.15, 0.2) is 0 Å². The number of carbonyl (C=O) groups excluding carboxylic acids is 3. The molecule has 9 nitrogen and oxygen atoms in total. The first-order valence-electron chi connectivity index (χ1n) is 11.6. The van der Waals surface area contributed by atoms with E-state index in [1.807, 2.05) is 12.1 Å². The molecule has 2 aromatic heterocycles. The molecule has 0 N–H and O–H groups in total. The van der Waals surface area contributed by atoms with Crippen molar-refractivity contribution in [1.29, 1.82) is 0 Å². The number of aromatic nitrogens is 2. The Morgan fingerprint density at radius 3 is 2.67 bits per heavy atom. The third-order valence-electron chi connectivity index (χ3n) is 5.99. The molecule has 1 fully saturated rings. The Labute approximate surface area is 207 Å². The summed E-state index contributed by atoms with van der Waals surface area (Å²) in [7, 11) is 1.29. The van der Waals surface area contributed by atoms with Crippen molar-refractivity contribution < 1.29 is 28.2 Å². The van der Waals surface area contributed by atoms with Crippen molar-refractivity contribution in [3.8, 4) is 0 Å². The number of hydrogen-bond donors (Lipinski definition) is 0. The zero-order chi connectivity index (χ0) is 25.7. The van der Waals surface area contributed by atoms with Gasteiger partial charge in [0.05, 0.1) is 37.3 Å². The smallest absolute Gasteiger partial charge is 0.307 e. The Balaban J connectivity index is 1.60. The quantitative estimate of drug-likeness (QED) is 0.465. The van der Waals surface area contributed by atoms with Gasteiger partial charge < -0.3 is 19.3 Å². The fraction of sp³-hybridized carbons (Fsp3) is 0.346. The maximum Gasteiger partial charge on any atom is 0.307 e. The third-order valence-corrected chi connectivity index (χ3v) is 5.99. The molecule has 1 aliphatic rings. The Hall–Kier alpha value is -3.92. The SMILES string of the molecule is COC(=O)CCN1C[C@@H](OCc2ccncc2)CN(C(=O)c2cc(C)nc3cc(F)ccc23)CC1=O. The lowest BCUT2D eigenvalue weighted by atomic mass is 10.1. The van der Waals surface area contributed by atoms with Crippen LogP contribution in [0.4, 0.5) is 4.39 Å². The Kier molecular flexibility index (Phi) is 7.84. The number of rotatable bonds is 7. The predicted molar refractivity (Wildman–Crippen MR) is 128 cm³/mol. The lowest BCUT2D eigenvalue weighted by Crippen LogP contribution is -2.40. The summed E-state index contributed by atoms with van der Waals surface area (Å²) in [5.74, 6) is -1.56. The van der Waals surface area contributed by atoms with Gasteiger partial charge in [-0.15, -0.1) is 0 Å². The lowest BCUT2D eigenvalue weighted by molar-refractivity contribution is -0.142. The summed E-state index contributed by atoms with van der Waals surface area (Å²) in [6.07, 6.45) is 2.85. The molecule has 3 heterocycles. The van der Waals surface area contributed by atoms with E-state index in [9.17, 15) is 18.8 Å². The number of carbonyl (C=O) groups is 3. The summed E-state index contributed by atoms with van der Waals surface area (Å²) < 4.78 is 24.6. The number of methoxy groups -OCH3 is 1. The van der Waals surface area contributed by atoms with Crippen LogP contribution in [0.25, 0.3) is 10.9 Å². The Bertz CT molecular complexity index is 1260. The van der Waals surface area contributed by atoms with Crippen molar-refractivity contribution >= 4 is 28.7 Å². The average Bonchev–Trinajstić information content (AvgIpc) is 3.03. The van der Waals surface area contributed by atoms with Crippen molar-refractivity contribution in [2.24, 2.45) is 0 Å². The average molecular weight is 495 g/mol. The summed E-state index contributed by atoms with van der Waals surface area (Å²) in [5, 5.41) is 0.500. The van der Waals surface area contributed by atoms with E-state index in [0.717, 1.165) is 5.56 Å². The standard InChI is InChI=1S/C26H27FN4O5/c1-17-11-22(21-4-3-19(27)12-23(21)29-17)26(34)31-14-20(36-16-18-5-8-28-9-6-18)13-30(24(32)15-31)10-7-25(33)35-2/h3-6,8-9,11-12,20H,7,10,13-16H2,1-2H3/t20-/m1/s1. The van der Waals surface area contributed by atoms with Crippen molar-refractivity contribution in [2.45, 2.75) is 26.1 Å². The molecule has 0 unspecified atom stereocenters. The van der Waals surface area contributed by atoms with Crippen LogP contribution in [0, 0.1) is 12.7 Å². The molecule has 188 valence electrons. The van der Waals surface area contributed by atoms with E-state index in [4.69, 9.17) is 9.47 Å². The first-order chi connectivity index (χ1) is 17.3. The topological polar surface area (TPSA) is 102 Å². The molecule has 2 amide bonds. The van der Waals surface area contributed by atoms with Gasteiger partial charge in [0.1, 0.15) is 12.4 Å². The maximum absolute atomic E-state index is 13.8. The van der Waals surface area contributed by atoms with Crippen molar-refractivity contribution in [1.82, 2.24) is 19.8 Å². The first kappa shape index (κ1) is 25.2. The Morgan fingerprint density at radius 1 is 1.14 bits per heavy atom. The molecule has 1 aliphatic heterocycles. The number of ether oxygens (including phenoxy) is 2. The highest BCUT2D eigenvalue weighted by molar-refractivity contribution is 6.07. The van der Waals surface area contributed by atoms with Crippen LogP contribution >= 0.6 is 0 Å². The summed E-state index contributed by atoms with van der Waals surface area (Å²) >= 11 is 0. The van der Waals surface area contributed by atoms with E-state index >= 15 is 0 Å². The van der Waals surface area contributed by atoms with Crippen LogP contribution < -0.4 is 0 Å². The van der Waals surface area contributed by atoms with E-state index in [1.54, 1.807) is 25.4 Å². The van der Waals surface area contributed by atoms with Gasteiger partial charge in [0.25, 0.3) is 5.91 Å². The number of aryl methyl sites for hydroxylation is 1. The molecule has 1 saturated heterocycles. The monoisotopic (exact) mass is 494 g/mol. The van der Waals surface area contributed by atoms with E-state index in [2.05, 4.69) is 9.97 Å². The number of halogens is 1. The zero-order valence-electron chi connectivity index (χ0n) is 20.1. The highest BCUT2D eigenvalue weighted by Crippen LogP contribution is 2.22. The van der Waals surface area contributed by atoms with E-state index < -0.39 is 17.9 Å². The van der Waals surface area contributed by atoms with Crippen LogP contribution in [-0.2, 0) is 25.7 Å². The van der Waals surface area contributed by atoms with Gasteiger partial charge in [-0.05, 0) is 42.8 Å². The molecular formula is C26H27FN4O5. The number of nitrogens with zero attached hydrogens (tertiary/aromatic N) is 4. The number of benzene rings is 1. The second-order valence-corrected chi connectivity index (χ2v) is 8.61. The fourth-order valence-electron chi connectivity index (χ4n) is 4.16. The summed E-state index contributed by atoms with van der Waals surface area (Å²) in [5.41, 5.74) is 2.16. The second-order valence-electron chi connectivity index (χ2n) is 8.61. The molecule has 4 rings (SSSR count). The largest absolute Gasteiger partial charge is 0.469 e. The summed E-state index contributed by atoms with van der Waals surface area (Å²) in [6, 6.07) is 9.36. The molecule has 36 heavy (non-hydrogen) atoms. The van der Waals surface area contributed by atoms with Crippen LogP contribution in [0.1, 0.15) is 28.0 Å². The maximum atomic E-state index is 13.8. The van der Waals surface area contributed by atoms with E-state index in [1.165, 1.54) is 35.1 Å². The van der Waals surface area contributed by atoms with Gasteiger partial charge >= 0.3 is 5.97 Å². The third kappa shape index (κ3) is 6.01. The van der Waals surface area contributed by atoms with Gasteiger partial charge in [0, 0.05) is 49.2 Å². The van der Waals surface area contributed by atoms with Crippen LogP contribution in [0.5, 0.6) is 0 Å². The fourth-order valence-corrected chi connectivity index (χ4v) is 4.16. The minimum Gasteiger partial charge on any atom is -0.469 e. The van der Waals surface area contributed by atoms with Gasteiger partial charge in [0.2, 0.25) is 5.91 Å². The number of fused-ring (bicyclic) bond motifs is 1. The molecule has 0 radical (unpaired) electrons. The molecule has 0 bridgehead atoms. The van der Waals surface area contributed by atoms with E-state index in [0.29, 0.717) is 22.2 Å². The van der Waals surface area contributed by atoms with E-state index in [-0.39, 0.29) is 51.0 Å². The van der Waals surface area contributed by atoms with Crippen molar-refractivity contribution in [3.63, 3.8) is 0 Å². The number of hydrogen-bond acceptors (Lipinski definition) is 7. The highest BCUT2D eigenvalue weighted by atomic mass is 19.1. The minimum absolute atomic E-state index is 0.0347. The summed E-state index contributed by atoms with van der Waals surface area (Å²) in [4.78, 5) is 49.8. The molecule has 0 saturated carbocycles. The Morgan fingerprint density at radius 2 is 1.92 bits per heavy atom. The molecule has 0 aliphatic carbocycles. The van der Waals surface area contributed by atoms with Crippen molar-refractivity contribution in [2.75, 3.05) is 33.3 Å². The number of amides is 2. The molecule has 10 heteroatoms. The minimum atomic E-state index is -0.502. The van der Waals surface area contributed by atoms with Crippen LogP contribution in [-0.4, -0.2) is 76.9 Å². The second kappa shape index (κ2) is 11.2. The molecule has 0 spiro atoms. The molecule has 1 aromatic carbocycles. The van der Waals surface area contributed by atoms with Crippen LogP contribution in [0.2, 0.25) is 0 Å². The molecule has 3 aromatic rings. The highest BCUT2D eigenvalue weighted by Gasteiger charge is 2.32. The van der Waals surface area contributed by atoms with Gasteiger partial charge in [-0.1, -0.05) is 0 Å². The molecular weight excluding hydrogens is 467 g/mol. The van der Waals surface area contributed by atoms with Gasteiger partial charge in [-0.3, -0.25) is 24.4 Å². The summed E-state index contributed by atoms with van der Waals surface area (Å²) in [6.45, 7) is 2.34. The lowest BCUT2D eigenvalue weighted by Gasteiger charge is -2.25. The zero-order valence-corrected chi connectivity index (χ0v) is 20.1. The number of esters is 1. The van der Waals surface area contributed by atoms with Crippen molar-refractivity contribution in [3.05, 3.63) is 71.4 Å². The van der Waals surface area contributed by atoms with Gasteiger partial charge in [-0.25, -0.2) is 4.39 Å². The van der Waals surface area contributed by atoms with Gasteiger partial charge in [-0.2, -0.15) is 0 Å². The normalized spacial score (nSPS) is 16.2. The predicted octanol–water partition coefficient (Wildman–Crippen LogP) is 2.51.